The lowest BCUT2D eigenvalue weighted by Gasteiger charge is -2.36. The Labute approximate surface area is 127 Å². The van der Waals surface area contributed by atoms with Crippen LogP contribution in [0.15, 0.2) is 24.3 Å². The zero-order valence-electron chi connectivity index (χ0n) is 13.4. The maximum absolute atomic E-state index is 12.4. The first-order chi connectivity index (χ1) is 9.85. The summed E-state index contributed by atoms with van der Waals surface area (Å²) >= 11 is 0. The predicted octanol–water partition coefficient (Wildman–Crippen LogP) is 2.46. The molecule has 2 N–H and O–H groups in total. The quantitative estimate of drug-likeness (QED) is 0.870. The molecule has 1 aromatic carbocycles. The van der Waals surface area contributed by atoms with Crippen molar-refractivity contribution in [2.24, 2.45) is 5.41 Å². The molecule has 0 spiro atoms. The molecule has 0 unspecified atom stereocenters. The zero-order valence-corrected chi connectivity index (χ0v) is 13.4. The second kappa shape index (κ2) is 6.48. The van der Waals surface area contributed by atoms with Gasteiger partial charge in [0.2, 0.25) is 0 Å². The summed E-state index contributed by atoms with van der Waals surface area (Å²) in [6.07, 6.45) is 1.19. The molecule has 0 saturated carbocycles. The number of benzene rings is 1. The third-order valence-corrected chi connectivity index (χ3v) is 4.00. The smallest absolute Gasteiger partial charge is 0.253 e. The number of rotatable bonds is 3. The molecule has 116 valence electrons. The summed E-state index contributed by atoms with van der Waals surface area (Å²) in [6, 6.07) is 7.19. The van der Waals surface area contributed by atoms with E-state index in [0.717, 1.165) is 38.3 Å². The number of amides is 1. The minimum atomic E-state index is 0.116. The Hall–Kier alpha value is -1.55. The van der Waals surface area contributed by atoms with Crippen molar-refractivity contribution in [1.29, 1.82) is 0 Å². The number of carbonyl (C=O) groups is 1. The molecule has 1 aliphatic rings. The van der Waals surface area contributed by atoms with E-state index in [2.05, 4.69) is 25.7 Å². The SMILES string of the molecule is CC(C)(C)CCN1CCN(C(=O)c2ccc(N)cc2)CC1. The van der Waals surface area contributed by atoms with E-state index < -0.39 is 0 Å². The molecule has 0 bridgehead atoms. The van der Waals surface area contributed by atoms with Gasteiger partial charge in [0, 0.05) is 37.4 Å². The molecule has 1 fully saturated rings. The minimum Gasteiger partial charge on any atom is -0.399 e. The van der Waals surface area contributed by atoms with Gasteiger partial charge in [-0.05, 0) is 42.6 Å². The van der Waals surface area contributed by atoms with Gasteiger partial charge in [-0.25, -0.2) is 0 Å². The highest BCUT2D eigenvalue weighted by molar-refractivity contribution is 5.94. The van der Waals surface area contributed by atoms with E-state index in [-0.39, 0.29) is 5.91 Å². The van der Waals surface area contributed by atoms with Crippen molar-refractivity contribution in [3.8, 4) is 0 Å². The maximum atomic E-state index is 12.4. The van der Waals surface area contributed by atoms with Crippen molar-refractivity contribution >= 4 is 11.6 Å². The van der Waals surface area contributed by atoms with Crippen LogP contribution in [-0.4, -0.2) is 48.4 Å². The average molecular weight is 289 g/mol. The number of nitrogen functional groups attached to an aromatic ring is 1. The van der Waals surface area contributed by atoms with Gasteiger partial charge in [-0.15, -0.1) is 0 Å². The molecule has 1 heterocycles. The van der Waals surface area contributed by atoms with Gasteiger partial charge in [0.05, 0.1) is 0 Å². The molecule has 0 aliphatic carbocycles. The molecule has 1 saturated heterocycles. The summed E-state index contributed by atoms with van der Waals surface area (Å²) in [5, 5.41) is 0. The number of carbonyl (C=O) groups excluding carboxylic acids is 1. The van der Waals surface area contributed by atoms with E-state index in [0.29, 0.717) is 11.1 Å². The van der Waals surface area contributed by atoms with Gasteiger partial charge in [-0.3, -0.25) is 9.69 Å². The van der Waals surface area contributed by atoms with Crippen molar-refractivity contribution < 1.29 is 4.79 Å². The van der Waals surface area contributed by atoms with Crippen LogP contribution in [-0.2, 0) is 0 Å². The zero-order chi connectivity index (χ0) is 15.5. The molecule has 1 aliphatic heterocycles. The van der Waals surface area contributed by atoms with Crippen molar-refractivity contribution in [3.05, 3.63) is 29.8 Å². The minimum absolute atomic E-state index is 0.116. The van der Waals surface area contributed by atoms with Crippen LogP contribution < -0.4 is 5.73 Å². The number of hydrogen-bond acceptors (Lipinski definition) is 3. The lowest BCUT2D eigenvalue weighted by atomic mass is 9.92. The van der Waals surface area contributed by atoms with Crippen LogP contribution in [0, 0.1) is 5.41 Å². The van der Waals surface area contributed by atoms with Crippen LogP contribution in [0.25, 0.3) is 0 Å². The Morgan fingerprint density at radius 2 is 1.67 bits per heavy atom. The van der Waals surface area contributed by atoms with Crippen molar-refractivity contribution in [2.75, 3.05) is 38.5 Å². The van der Waals surface area contributed by atoms with Crippen LogP contribution in [0.5, 0.6) is 0 Å². The normalized spacial score (nSPS) is 17.0. The third kappa shape index (κ3) is 4.74. The fraction of sp³-hybridized carbons (Fsp3) is 0.588. The van der Waals surface area contributed by atoms with Crippen molar-refractivity contribution in [2.45, 2.75) is 27.2 Å². The summed E-state index contributed by atoms with van der Waals surface area (Å²) in [7, 11) is 0. The molecule has 0 aromatic heterocycles. The average Bonchev–Trinajstić information content (AvgIpc) is 2.45. The van der Waals surface area contributed by atoms with E-state index in [4.69, 9.17) is 5.73 Å². The first-order valence-corrected chi connectivity index (χ1v) is 7.72. The number of piperazine rings is 1. The summed E-state index contributed by atoms with van der Waals surface area (Å²) < 4.78 is 0. The van der Waals surface area contributed by atoms with E-state index in [1.54, 1.807) is 12.1 Å². The highest BCUT2D eigenvalue weighted by atomic mass is 16.2. The Kier molecular flexibility index (Phi) is 4.88. The van der Waals surface area contributed by atoms with Gasteiger partial charge >= 0.3 is 0 Å². The van der Waals surface area contributed by atoms with E-state index >= 15 is 0 Å². The Morgan fingerprint density at radius 3 is 2.19 bits per heavy atom. The summed E-state index contributed by atoms with van der Waals surface area (Å²) in [5.74, 6) is 0.116. The van der Waals surface area contributed by atoms with Crippen LogP contribution in [0.3, 0.4) is 0 Å². The van der Waals surface area contributed by atoms with E-state index in [9.17, 15) is 4.79 Å². The molecular weight excluding hydrogens is 262 g/mol. The molecule has 4 heteroatoms. The number of nitrogens with two attached hydrogens (primary N) is 1. The standard InChI is InChI=1S/C17H27N3O/c1-17(2,3)8-9-19-10-12-20(13-11-19)16(21)14-4-6-15(18)7-5-14/h4-7H,8-13,18H2,1-3H3. The monoisotopic (exact) mass is 289 g/mol. The highest BCUT2D eigenvalue weighted by Gasteiger charge is 2.22. The van der Waals surface area contributed by atoms with E-state index in [1.165, 1.54) is 6.42 Å². The van der Waals surface area contributed by atoms with Crippen LogP contribution in [0.2, 0.25) is 0 Å². The van der Waals surface area contributed by atoms with Gasteiger partial charge in [0.1, 0.15) is 0 Å². The predicted molar refractivity (Wildman–Crippen MR) is 87.3 cm³/mol. The van der Waals surface area contributed by atoms with Crippen LogP contribution in [0.1, 0.15) is 37.6 Å². The Morgan fingerprint density at radius 1 is 1.10 bits per heavy atom. The first-order valence-electron chi connectivity index (χ1n) is 7.72. The number of anilines is 1. The Bertz CT molecular complexity index is 468. The molecule has 2 rings (SSSR count). The molecule has 1 aromatic rings. The molecule has 21 heavy (non-hydrogen) atoms. The Balaban J connectivity index is 1.83. The highest BCUT2D eigenvalue weighted by Crippen LogP contribution is 2.19. The number of nitrogens with zero attached hydrogens (tertiary/aromatic N) is 2. The second-order valence-corrected chi connectivity index (χ2v) is 7.07. The third-order valence-electron chi connectivity index (χ3n) is 4.00. The fourth-order valence-corrected chi connectivity index (χ4v) is 2.48. The van der Waals surface area contributed by atoms with Gasteiger partial charge in [0.25, 0.3) is 5.91 Å². The molecule has 4 nitrogen and oxygen atoms in total. The van der Waals surface area contributed by atoms with Gasteiger partial charge < -0.3 is 10.6 Å². The largest absolute Gasteiger partial charge is 0.399 e. The van der Waals surface area contributed by atoms with Gasteiger partial charge in [-0.2, -0.15) is 0 Å². The lowest BCUT2D eigenvalue weighted by Crippen LogP contribution is -2.49. The lowest BCUT2D eigenvalue weighted by molar-refractivity contribution is 0.0623. The topological polar surface area (TPSA) is 49.6 Å². The summed E-state index contributed by atoms with van der Waals surface area (Å²) in [5.41, 5.74) is 7.45. The van der Waals surface area contributed by atoms with Crippen molar-refractivity contribution in [1.82, 2.24) is 9.80 Å². The van der Waals surface area contributed by atoms with Crippen LogP contribution in [0.4, 0.5) is 5.69 Å². The summed E-state index contributed by atoms with van der Waals surface area (Å²) in [6.45, 7) is 11.5. The fourth-order valence-electron chi connectivity index (χ4n) is 2.48. The maximum Gasteiger partial charge on any atom is 0.253 e. The number of hydrogen-bond donors (Lipinski definition) is 1. The second-order valence-electron chi connectivity index (χ2n) is 7.07. The molecule has 0 atom stereocenters. The van der Waals surface area contributed by atoms with E-state index in [1.807, 2.05) is 17.0 Å². The molecule has 1 amide bonds. The van der Waals surface area contributed by atoms with Crippen molar-refractivity contribution in [3.63, 3.8) is 0 Å². The first kappa shape index (κ1) is 15.8. The molecule has 0 radical (unpaired) electrons. The molecular formula is C17H27N3O. The van der Waals surface area contributed by atoms with Gasteiger partial charge in [-0.1, -0.05) is 20.8 Å². The van der Waals surface area contributed by atoms with Gasteiger partial charge in [0.15, 0.2) is 0 Å². The summed E-state index contributed by atoms with van der Waals surface area (Å²) in [4.78, 5) is 16.8. The van der Waals surface area contributed by atoms with Crippen LogP contribution >= 0.6 is 0 Å².